The zero-order valence-corrected chi connectivity index (χ0v) is 12.8. The van der Waals surface area contributed by atoms with Gasteiger partial charge in [-0.25, -0.2) is 4.98 Å². The number of pyridine rings is 1. The first-order valence-corrected chi connectivity index (χ1v) is 7.27. The van der Waals surface area contributed by atoms with Gasteiger partial charge < -0.3 is 14.4 Å². The third kappa shape index (κ3) is 3.50. The van der Waals surface area contributed by atoms with Gasteiger partial charge in [0.15, 0.2) is 5.75 Å². The van der Waals surface area contributed by atoms with Gasteiger partial charge in [0.05, 0.1) is 31.6 Å². The lowest BCUT2D eigenvalue weighted by molar-refractivity contribution is -0.137. The predicted molar refractivity (Wildman–Crippen MR) is 79.1 cm³/mol. The Morgan fingerprint density at radius 3 is 2.62 bits per heavy atom. The topological polar surface area (TPSA) is 60.4 Å². The molecule has 6 nitrogen and oxygen atoms in total. The van der Waals surface area contributed by atoms with Crippen molar-refractivity contribution in [1.29, 1.82) is 0 Å². The van der Waals surface area contributed by atoms with Gasteiger partial charge >= 0.3 is 12.2 Å². The summed E-state index contributed by atoms with van der Waals surface area (Å²) in [5.41, 5.74) is -0.744. The van der Waals surface area contributed by atoms with Crippen LogP contribution in [0.1, 0.15) is 12.0 Å². The summed E-state index contributed by atoms with van der Waals surface area (Å²) in [6.07, 6.45) is 0.0999. The fourth-order valence-electron chi connectivity index (χ4n) is 2.51. The Kier molecular flexibility index (Phi) is 4.41. The van der Waals surface area contributed by atoms with Crippen LogP contribution in [0, 0.1) is 0 Å². The van der Waals surface area contributed by atoms with Crippen LogP contribution < -0.4 is 14.4 Å². The minimum absolute atomic E-state index is 0.0771. The monoisotopic (exact) mass is 340 g/mol. The second-order valence-corrected chi connectivity index (χ2v) is 5.25. The molecule has 9 heteroatoms. The van der Waals surface area contributed by atoms with Crippen molar-refractivity contribution in [2.24, 2.45) is 0 Å². The molecule has 1 atom stereocenters. The molecular weight excluding hydrogens is 325 g/mol. The molecule has 0 spiro atoms. The normalized spacial score (nSPS) is 17.8. The maximum Gasteiger partial charge on any atom is 0.419 e. The van der Waals surface area contributed by atoms with E-state index in [0.29, 0.717) is 18.7 Å². The molecule has 1 unspecified atom stereocenters. The summed E-state index contributed by atoms with van der Waals surface area (Å²) in [5, 5.41) is 0. The molecule has 2 aromatic heterocycles. The minimum Gasteiger partial charge on any atom is -0.494 e. The molecule has 0 amide bonds. The fraction of sp³-hybridized carbons (Fsp3) is 0.400. The van der Waals surface area contributed by atoms with Crippen LogP contribution >= 0.6 is 0 Å². The molecule has 128 valence electrons. The van der Waals surface area contributed by atoms with Crippen molar-refractivity contribution in [3.05, 3.63) is 36.3 Å². The molecular formula is C15H15F3N4O2. The number of hydrogen-bond acceptors (Lipinski definition) is 6. The molecule has 24 heavy (non-hydrogen) atoms. The Balaban J connectivity index is 1.69. The van der Waals surface area contributed by atoms with Gasteiger partial charge in [-0.05, 0) is 12.1 Å². The van der Waals surface area contributed by atoms with E-state index >= 15 is 0 Å². The highest BCUT2D eigenvalue weighted by molar-refractivity contribution is 5.49. The van der Waals surface area contributed by atoms with Crippen molar-refractivity contribution in [1.82, 2.24) is 15.0 Å². The lowest BCUT2D eigenvalue weighted by Crippen LogP contribution is -2.27. The Labute approximate surface area is 136 Å². The van der Waals surface area contributed by atoms with Crippen LogP contribution in [0.15, 0.2) is 30.7 Å². The molecule has 0 aromatic carbocycles. The van der Waals surface area contributed by atoms with E-state index in [1.807, 2.05) is 0 Å². The van der Waals surface area contributed by atoms with Gasteiger partial charge in [-0.15, -0.1) is 0 Å². The van der Waals surface area contributed by atoms with Crippen LogP contribution in [-0.4, -0.2) is 41.3 Å². The van der Waals surface area contributed by atoms with E-state index in [4.69, 9.17) is 9.47 Å². The second-order valence-electron chi connectivity index (χ2n) is 5.25. The van der Waals surface area contributed by atoms with Crippen molar-refractivity contribution in [3.63, 3.8) is 0 Å². The summed E-state index contributed by atoms with van der Waals surface area (Å²) in [6, 6.07) is 2.48. The summed E-state index contributed by atoms with van der Waals surface area (Å²) in [5.74, 6) is 0.422. The van der Waals surface area contributed by atoms with Crippen LogP contribution in [0.5, 0.6) is 11.8 Å². The number of nitrogens with zero attached hydrogens (tertiary/aromatic N) is 4. The van der Waals surface area contributed by atoms with E-state index in [0.717, 1.165) is 6.07 Å². The van der Waals surface area contributed by atoms with E-state index in [2.05, 4.69) is 15.0 Å². The summed E-state index contributed by atoms with van der Waals surface area (Å²) in [7, 11) is 1.50. The second kappa shape index (κ2) is 6.50. The molecule has 0 aliphatic carbocycles. The first-order chi connectivity index (χ1) is 11.5. The van der Waals surface area contributed by atoms with Crippen molar-refractivity contribution in [3.8, 4) is 11.8 Å². The van der Waals surface area contributed by atoms with Gasteiger partial charge in [0, 0.05) is 19.2 Å². The van der Waals surface area contributed by atoms with Crippen molar-refractivity contribution < 1.29 is 22.6 Å². The number of halogens is 3. The fourth-order valence-corrected chi connectivity index (χ4v) is 2.51. The van der Waals surface area contributed by atoms with E-state index in [1.54, 1.807) is 4.90 Å². The average Bonchev–Trinajstić information content (AvgIpc) is 3.03. The van der Waals surface area contributed by atoms with Gasteiger partial charge in [0.1, 0.15) is 11.9 Å². The molecule has 1 aliphatic heterocycles. The summed E-state index contributed by atoms with van der Waals surface area (Å²) < 4.78 is 49.8. The minimum atomic E-state index is -4.44. The summed E-state index contributed by atoms with van der Waals surface area (Å²) in [4.78, 5) is 13.5. The highest BCUT2D eigenvalue weighted by Gasteiger charge is 2.37. The molecule has 0 N–H and O–H groups in total. The molecule has 0 bridgehead atoms. The third-order valence-corrected chi connectivity index (χ3v) is 3.65. The Hall–Kier alpha value is -2.58. The SMILES string of the molecule is COc1cnc(OC2CCN(c3ncccc3C(F)(F)F)C2)nc1. The Morgan fingerprint density at radius 2 is 1.96 bits per heavy atom. The zero-order valence-electron chi connectivity index (χ0n) is 12.8. The summed E-state index contributed by atoms with van der Waals surface area (Å²) in [6.45, 7) is 0.705. The molecule has 3 rings (SSSR count). The van der Waals surface area contributed by atoms with Crippen LogP contribution in [0.25, 0.3) is 0 Å². The van der Waals surface area contributed by atoms with Gasteiger partial charge in [0.25, 0.3) is 0 Å². The third-order valence-electron chi connectivity index (χ3n) is 3.65. The van der Waals surface area contributed by atoms with Gasteiger partial charge in [-0.3, -0.25) is 0 Å². The van der Waals surface area contributed by atoms with Gasteiger partial charge in [-0.2, -0.15) is 23.1 Å². The molecule has 0 radical (unpaired) electrons. The highest BCUT2D eigenvalue weighted by atomic mass is 19.4. The largest absolute Gasteiger partial charge is 0.494 e. The number of hydrogen-bond donors (Lipinski definition) is 0. The lowest BCUT2D eigenvalue weighted by atomic mass is 10.2. The van der Waals surface area contributed by atoms with Crippen LogP contribution in [-0.2, 0) is 6.18 Å². The Morgan fingerprint density at radius 1 is 1.21 bits per heavy atom. The number of ether oxygens (including phenoxy) is 2. The Bertz CT molecular complexity index is 694. The van der Waals surface area contributed by atoms with E-state index in [9.17, 15) is 13.2 Å². The quantitative estimate of drug-likeness (QED) is 0.852. The molecule has 0 saturated carbocycles. The molecule has 2 aromatic rings. The maximum absolute atomic E-state index is 13.1. The highest BCUT2D eigenvalue weighted by Crippen LogP contribution is 2.36. The smallest absolute Gasteiger partial charge is 0.419 e. The number of aromatic nitrogens is 3. The van der Waals surface area contributed by atoms with E-state index < -0.39 is 11.7 Å². The number of rotatable bonds is 4. The van der Waals surface area contributed by atoms with Crippen LogP contribution in [0.3, 0.4) is 0 Å². The maximum atomic E-state index is 13.1. The average molecular weight is 340 g/mol. The first kappa shape index (κ1) is 16.3. The van der Waals surface area contributed by atoms with Crippen LogP contribution in [0.2, 0.25) is 0 Å². The lowest BCUT2D eigenvalue weighted by Gasteiger charge is -2.21. The zero-order chi connectivity index (χ0) is 17.2. The molecule has 1 fully saturated rings. The summed E-state index contributed by atoms with van der Waals surface area (Å²) >= 11 is 0. The number of alkyl halides is 3. The van der Waals surface area contributed by atoms with Gasteiger partial charge in [0.2, 0.25) is 0 Å². The van der Waals surface area contributed by atoms with Crippen molar-refractivity contribution in [2.75, 3.05) is 25.1 Å². The van der Waals surface area contributed by atoms with Crippen molar-refractivity contribution in [2.45, 2.75) is 18.7 Å². The van der Waals surface area contributed by atoms with E-state index in [-0.39, 0.29) is 24.5 Å². The van der Waals surface area contributed by atoms with Gasteiger partial charge in [-0.1, -0.05) is 0 Å². The number of methoxy groups -OCH3 is 1. The molecule has 3 heterocycles. The standard InChI is InChI=1S/C15H15F3N4O2/c1-23-11-7-20-14(21-8-11)24-10-4-6-22(9-10)13-12(15(16,17)18)3-2-5-19-13/h2-3,5,7-8,10H,4,6,9H2,1H3. The first-order valence-electron chi connectivity index (χ1n) is 7.27. The molecule has 1 aliphatic rings. The van der Waals surface area contributed by atoms with Crippen LogP contribution in [0.4, 0.5) is 19.0 Å². The molecule has 1 saturated heterocycles. The predicted octanol–water partition coefficient (Wildman–Crippen LogP) is 2.56. The van der Waals surface area contributed by atoms with E-state index in [1.165, 1.54) is 31.8 Å². The van der Waals surface area contributed by atoms with Crippen molar-refractivity contribution >= 4 is 5.82 Å². The number of anilines is 1.